The Kier molecular flexibility index (Phi) is 5.67. The first-order valence-electron chi connectivity index (χ1n) is 11.1. The zero-order valence-corrected chi connectivity index (χ0v) is 17.4. The summed E-state index contributed by atoms with van der Waals surface area (Å²) < 4.78 is 46.9. The SMILES string of the molecule is FC(F)(F)c1ccc2c(c1)[C@H]1O[C@@H](CN3CCNCC3)CC[C@H]1[C@H](c1ccccc1)N2. The Hall–Kier alpha value is -2.09. The smallest absolute Gasteiger partial charge is 0.378 e. The fourth-order valence-corrected chi connectivity index (χ4v) is 5.24. The number of nitrogens with one attached hydrogen (secondary N) is 2. The lowest BCUT2D eigenvalue weighted by Crippen LogP contribution is -2.48. The Morgan fingerprint density at radius 3 is 2.52 bits per heavy atom. The molecule has 3 heterocycles. The zero-order chi connectivity index (χ0) is 21.4. The predicted molar refractivity (Wildman–Crippen MR) is 114 cm³/mol. The first-order valence-corrected chi connectivity index (χ1v) is 11.1. The van der Waals surface area contributed by atoms with Gasteiger partial charge >= 0.3 is 6.18 Å². The van der Waals surface area contributed by atoms with Crippen molar-refractivity contribution in [3.63, 3.8) is 0 Å². The van der Waals surface area contributed by atoms with Crippen LogP contribution >= 0.6 is 0 Å². The predicted octanol–water partition coefficient (Wildman–Crippen LogP) is 4.61. The van der Waals surface area contributed by atoms with Crippen molar-refractivity contribution in [2.24, 2.45) is 5.92 Å². The van der Waals surface area contributed by atoms with Crippen molar-refractivity contribution >= 4 is 5.69 Å². The maximum absolute atomic E-state index is 13.4. The minimum atomic E-state index is -4.37. The second-order valence-corrected chi connectivity index (χ2v) is 8.80. The van der Waals surface area contributed by atoms with E-state index in [9.17, 15) is 13.2 Å². The molecule has 2 aromatic carbocycles. The molecular formula is C24H28F3N3O. The van der Waals surface area contributed by atoms with Gasteiger partial charge in [0.1, 0.15) is 0 Å². The lowest BCUT2D eigenvalue weighted by atomic mass is 9.76. The van der Waals surface area contributed by atoms with Crippen molar-refractivity contribution < 1.29 is 17.9 Å². The summed E-state index contributed by atoms with van der Waals surface area (Å²) in [4.78, 5) is 2.39. The van der Waals surface area contributed by atoms with Gasteiger partial charge in [0.05, 0.1) is 23.8 Å². The highest BCUT2D eigenvalue weighted by atomic mass is 19.4. The number of piperazine rings is 1. The first kappa shape index (κ1) is 20.8. The Bertz CT molecular complexity index is 899. The second kappa shape index (κ2) is 8.45. The van der Waals surface area contributed by atoms with E-state index < -0.39 is 11.7 Å². The van der Waals surface area contributed by atoms with Crippen molar-refractivity contribution in [3.8, 4) is 0 Å². The van der Waals surface area contributed by atoms with Gasteiger partial charge in [-0.25, -0.2) is 0 Å². The molecule has 2 fully saturated rings. The highest BCUT2D eigenvalue weighted by Gasteiger charge is 2.43. The number of fused-ring (bicyclic) bond motifs is 3. The summed E-state index contributed by atoms with van der Waals surface area (Å²) in [5.41, 5.74) is 1.91. The molecular weight excluding hydrogens is 403 g/mol. The van der Waals surface area contributed by atoms with Crippen LogP contribution in [0, 0.1) is 5.92 Å². The molecule has 4 nitrogen and oxygen atoms in total. The van der Waals surface area contributed by atoms with Gasteiger partial charge in [-0.15, -0.1) is 0 Å². The molecule has 31 heavy (non-hydrogen) atoms. The molecule has 2 N–H and O–H groups in total. The Morgan fingerprint density at radius 1 is 1.00 bits per heavy atom. The molecule has 0 bridgehead atoms. The number of ether oxygens (including phenoxy) is 1. The minimum Gasteiger partial charge on any atom is -0.378 e. The number of benzene rings is 2. The molecule has 3 aliphatic heterocycles. The molecule has 0 saturated carbocycles. The van der Waals surface area contributed by atoms with E-state index >= 15 is 0 Å². The molecule has 4 atom stereocenters. The van der Waals surface area contributed by atoms with Gasteiger partial charge in [0.15, 0.2) is 0 Å². The van der Waals surface area contributed by atoms with Crippen LogP contribution in [0.5, 0.6) is 0 Å². The molecule has 0 spiro atoms. The largest absolute Gasteiger partial charge is 0.416 e. The van der Waals surface area contributed by atoms with Crippen LogP contribution in [0.2, 0.25) is 0 Å². The summed E-state index contributed by atoms with van der Waals surface area (Å²) >= 11 is 0. The molecule has 5 rings (SSSR count). The third-order valence-corrected chi connectivity index (χ3v) is 6.80. The molecule has 3 aliphatic rings. The van der Waals surface area contributed by atoms with Gasteiger partial charge in [-0.05, 0) is 36.6 Å². The van der Waals surface area contributed by atoms with Crippen molar-refractivity contribution in [2.75, 3.05) is 38.0 Å². The van der Waals surface area contributed by atoms with E-state index in [4.69, 9.17) is 4.74 Å². The highest BCUT2D eigenvalue weighted by Crippen LogP contribution is 2.51. The number of anilines is 1. The van der Waals surface area contributed by atoms with Crippen LogP contribution in [0.25, 0.3) is 0 Å². The number of nitrogens with zero attached hydrogens (tertiary/aromatic N) is 1. The van der Waals surface area contributed by atoms with Gasteiger partial charge in [-0.2, -0.15) is 13.2 Å². The summed E-state index contributed by atoms with van der Waals surface area (Å²) in [5.74, 6) is 0.0951. The molecule has 166 valence electrons. The quantitative estimate of drug-likeness (QED) is 0.744. The summed E-state index contributed by atoms with van der Waals surface area (Å²) in [6, 6.07) is 14.2. The fraction of sp³-hybridized carbons (Fsp3) is 0.500. The molecule has 0 amide bonds. The van der Waals surface area contributed by atoms with Crippen LogP contribution < -0.4 is 10.6 Å². The topological polar surface area (TPSA) is 36.5 Å². The summed E-state index contributed by atoms with van der Waals surface area (Å²) in [7, 11) is 0. The van der Waals surface area contributed by atoms with Crippen LogP contribution in [0.15, 0.2) is 48.5 Å². The lowest BCUT2D eigenvalue weighted by Gasteiger charge is -2.46. The number of hydrogen-bond acceptors (Lipinski definition) is 4. The van der Waals surface area contributed by atoms with E-state index in [2.05, 4.69) is 27.7 Å². The molecule has 2 aromatic rings. The van der Waals surface area contributed by atoms with Crippen LogP contribution in [-0.2, 0) is 10.9 Å². The average molecular weight is 432 g/mol. The van der Waals surface area contributed by atoms with Gasteiger partial charge in [-0.3, -0.25) is 4.90 Å². The number of rotatable bonds is 3. The maximum atomic E-state index is 13.4. The van der Waals surface area contributed by atoms with Crippen molar-refractivity contribution in [1.82, 2.24) is 10.2 Å². The van der Waals surface area contributed by atoms with E-state index in [1.165, 1.54) is 6.07 Å². The first-order chi connectivity index (χ1) is 15.0. The Morgan fingerprint density at radius 2 is 1.77 bits per heavy atom. The monoisotopic (exact) mass is 431 g/mol. The van der Waals surface area contributed by atoms with E-state index in [1.807, 2.05) is 18.2 Å². The van der Waals surface area contributed by atoms with Gasteiger partial charge in [0.25, 0.3) is 0 Å². The van der Waals surface area contributed by atoms with Crippen molar-refractivity contribution in [3.05, 3.63) is 65.2 Å². The van der Waals surface area contributed by atoms with Gasteiger partial charge < -0.3 is 15.4 Å². The number of hydrogen-bond donors (Lipinski definition) is 2. The molecule has 2 saturated heterocycles. The van der Waals surface area contributed by atoms with Gasteiger partial charge in [-0.1, -0.05) is 30.3 Å². The van der Waals surface area contributed by atoms with Gasteiger partial charge in [0, 0.05) is 49.9 Å². The third-order valence-electron chi connectivity index (χ3n) is 6.80. The van der Waals surface area contributed by atoms with Crippen LogP contribution in [0.4, 0.5) is 18.9 Å². The van der Waals surface area contributed by atoms with E-state index in [-0.39, 0.29) is 24.2 Å². The Labute approximate surface area is 180 Å². The third kappa shape index (κ3) is 4.31. The molecule has 0 aliphatic carbocycles. The zero-order valence-electron chi connectivity index (χ0n) is 17.4. The molecule has 0 aromatic heterocycles. The summed E-state index contributed by atoms with van der Waals surface area (Å²) in [5, 5.41) is 6.88. The van der Waals surface area contributed by atoms with E-state index in [0.717, 1.165) is 62.9 Å². The van der Waals surface area contributed by atoms with E-state index in [0.29, 0.717) is 5.56 Å². The van der Waals surface area contributed by atoms with Gasteiger partial charge in [0.2, 0.25) is 0 Å². The van der Waals surface area contributed by atoms with Crippen molar-refractivity contribution in [2.45, 2.75) is 37.3 Å². The number of alkyl halides is 3. The maximum Gasteiger partial charge on any atom is 0.416 e. The number of halogens is 3. The van der Waals surface area contributed by atoms with Crippen molar-refractivity contribution in [1.29, 1.82) is 0 Å². The molecule has 0 unspecified atom stereocenters. The standard InChI is InChI=1S/C24H28F3N3O/c25-24(26,27)17-6-9-21-20(14-17)23-19(22(29-21)16-4-2-1-3-5-16)8-7-18(31-23)15-30-12-10-28-11-13-30/h1-6,9,14,18-19,22-23,28-29H,7-8,10-13,15H2/t18-,19+,22+,23+/m1/s1. The van der Waals surface area contributed by atoms with E-state index in [1.54, 1.807) is 6.07 Å². The molecule has 0 radical (unpaired) electrons. The second-order valence-electron chi connectivity index (χ2n) is 8.80. The van der Waals surface area contributed by atoms with Crippen LogP contribution in [0.3, 0.4) is 0 Å². The summed E-state index contributed by atoms with van der Waals surface area (Å²) in [6.45, 7) is 4.74. The Balaban J connectivity index is 1.46. The average Bonchev–Trinajstić information content (AvgIpc) is 2.79. The normalized spacial score (nSPS) is 29.0. The van der Waals surface area contributed by atoms with Crippen LogP contribution in [0.1, 0.15) is 41.7 Å². The van der Waals surface area contributed by atoms with Crippen LogP contribution in [-0.4, -0.2) is 43.7 Å². The summed E-state index contributed by atoms with van der Waals surface area (Å²) in [6.07, 6.45) is -2.83. The minimum absolute atomic E-state index is 0.0237. The fourth-order valence-electron chi connectivity index (χ4n) is 5.24. The molecule has 7 heteroatoms. The lowest BCUT2D eigenvalue weighted by molar-refractivity contribution is -0.138. The highest BCUT2D eigenvalue weighted by molar-refractivity contribution is 5.58.